The highest BCUT2D eigenvalue weighted by Crippen LogP contribution is 2.51. The monoisotopic (exact) mass is 774 g/mol. The predicted molar refractivity (Wildman–Crippen MR) is 213 cm³/mol. The third-order valence-corrected chi connectivity index (χ3v) is 12.6. The summed E-state index contributed by atoms with van der Waals surface area (Å²) in [6.45, 7) is 23.2. The van der Waals surface area contributed by atoms with Crippen LogP contribution in [0.25, 0.3) is 32.0 Å². The molecule has 1 aliphatic rings. The largest absolute Gasteiger partial charge is 0.309 e. The first-order valence-electron chi connectivity index (χ1n) is 16.2. The van der Waals surface area contributed by atoms with E-state index in [0.29, 0.717) is 24.2 Å². The highest BCUT2D eigenvalue weighted by Gasteiger charge is 2.28. The lowest BCUT2D eigenvalue weighted by Gasteiger charge is -2.21. The van der Waals surface area contributed by atoms with Crippen molar-refractivity contribution >= 4 is 79.6 Å². The molecule has 0 unspecified atom stereocenters. The van der Waals surface area contributed by atoms with Crippen molar-refractivity contribution in [2.24, 2.45) is 0 Å². The molecular formula is C40H43IN2O2S2. The zero-order valence-corrected chi connectivity index (χ0v) is 32.3. The number of hydrogen-bond acceptors (Lipinski definition) is 4. The second-order valence-electron chi connectivity index (χ2n) is 12.3. The Morgan fingerprint density at radius 3 is 1.53 bits per heavy atom. The highest BCUT2D eigenvalue weighted by molar-refractivity contribution is 14.1. The number of halogens is 1. The van der Waals surface area contributed by atoms with Gasteiger partial charge in [-0.15, -0.1) is 22.7 Å². The fourth-order valence-corrected chi connectivity index (χ4v) is 10.4. The lowest BCUT2D eigenvalue weighted by molar-refractivity contribution is -0.115. The van der Waals surface area contributed by atoms with Gasteiger partial charge >= 0.3 is 0 Å². The number of carbonyl (C=O) groups excluding carboxylic acids is 2. The van der Waals surface area contributed by atoms with Gasteiger partial charge in [-0.3, -0.25) is 9.59 Å². The Morgan fingerprint density at radius 2 is 1.11 bits per heavy atom. The molecule has 0 fully saturated rings. The Hall–Kier alpha value is -3.27. The van der Waals surface area contributed by atoms with E-state index in [-0.39, 0.29) is 11.8 Å². The minimum Gasteiger partial charge on any atom is -0.309 e. The van der Waals surface area contributed by atoms with Gasteiger partial charge in [-0.25, -0.2) is 0 Å². The van der Waals surface area contributed by atoms with E-state index in [1.807, 2.05) is 36.5 Å². The molecule has 47 heavy (non-hydrogen) atoms. The third kappa shape index (κ3) is 6.72. The first kappa shape index (κ1) is 35.0. The Morgan fingerprint density at radius 1 is 0.702 bits per heavy atom. The number of rotatable bonds is 10. The van der Waals surface area contributed by atoms with E-state index in [4.69, 9.17) is 0 Å². The number of aryl methyl sites for hydroxylation is 1. The lowest BCUT2D eigenvalue weighted by atomic mass is 9.92. The maximum atomic E-state index is 12.7. The van der Waals surface area contributed by atoms with Crippen LogP contribution in [0.15, 0.2) is 72.8 Å². The number of allylic oxidation sites excluding steroid dienone is 2. The van der Waals surface area contributed by atoms with E-state index in [0.717, 1.165) is 30.6 Å². The van der Waals surface area contributed by atoms with Crippen LogP contribution in [-0.4, -0.2) is 24.9 Å². The second-order valence-corrected chi connectivity index (χ2v) is 16.3. The Labute approximate surface area is 301 Å². The summed E-state index contributed by atoms with van der Waals surface area (Å²) in [6.07, 6.45) is 3.32. The zero-order valence-electron chi connectivity index (χ0n) is 28.5. The predicted octanol–water partition coefficient (Wildman–Crippen LogP) is 11.6. The first-order chi connectivity index (χ1) is 22.4. The van der Waals surface area contributed by atoms with Gasteiger partial charge in [0, 0.05) is 55.8 Å². The van der Waals surface area contributed by atoms with Crippen LogP contribution < -0.4 is 9.80 Å². The summed E-state index contributed by atoms with van der Waals surface area (Å²) in [4.78, 5) is 32.8. The Kier molecular flexibility index (Phi) is 10.8. The number of carbonyl (C=O) groups is 2. The molecule has 2 aromatic heterocycles. The molecule has 0 bridgehead atoms. The van der Waals surface area contributed by atoms with Crippen LogP contribution in [0.3, 0.4) is 0 Å². The van der Waals surface area contributed by atoms with Crippen LogP contribution in [-0.2, 0) is 9.59 Å². The fraction of sp³-hybridized carbons (Fsp3) is 0.300. The number of likely N-dealkylation sites (N-methyl/N-ethyl adjacent to an activating group) is 2. The van der Waals surface area contributed by atoms with Gasteiger partial charge in [-0.05, 0) is 154 Å². The summed E-state index contributed by atoms with van der Waals surface area (Å²) in [5.74, 6) is -0.0781. The minimum absolute atomic E-state index is 0.0388. The average molecular weight is 775 g/mol. The molecule has 244 valence electrons. The molecule has 0 spiro atoms. The zero-order chi connectivity index (χ0) is 34.2. The van der Waals surface area contributed by atoms with Crippen molar-refractivity contribution < 1.29 is 9.59 Å². The molecule has 0 saturated carbocycles. The molecule has 2 amide bonds. The molecular weight excluding hydrogens is 731 g/mol. The van der Waals surface area contributed by atoms with Crippen LogP contribution in [0.5, 0.6) is 0 Å². The Bertz CT molecular complexity index is 1770. The maximum Gasteiger partial charge on any atom is 0.253 e. The van der Waals surface area contributed by atoms with Crippen molar-refractivity contribution in [1.82, 2.24) is 0 Å². The quantitative estimate of drug-likeness (QED) is 0.119. The standard InChI is InChI=1S/C40H43IN2O2S2/c1-10-42(39(44)23(3)4)30-19-15-28(16-20-30)36-25(7)34(27(9)46-36)32-13-12-14-33(32)35-26(8)37(47-38(35)41)29-17-21-31(22-18-29)43(11-2)40(45)24(5)6/h15-22H,3,5,10-14H2,1-2,4,6-9H3. The normalized spacial score (nSPS) is 12.9. The van der Waals surface area contributed by atoms with Crippen molar-refractivity contribution in [3.05, 3.63) is 103 Å². The van der Waals surface area contributed by atoms with Crippen molar-refractivity contribution in [3.63, 3.8) is 0 Å². The first-order valence-corrected chi connectivity index (χ1v) is 18.9. The fourth-order valence-electron chi connectivity index (χ4n) is 6.70. The summed E-state index contributed by atoms with van der Waals surface area (Å²) in [5.41, 5.74) is 13.7. The number of nitrogens with zero attached hydrogens (tertiary/aromatic N) is 2. The van der Waals surface area contributed by atoms with Gasteiger partial charge < -0.3 is 9.80 Å². The topological polar surface area (TPSA) is 40.6 Å². The van der Waals surface area contributed by atoms with Crippen molar-refractivity contribution in [2.45, 2.75) is 67.7 Å². The van der Waals surface area contributed by atoms with E-state index in [1.165, 1.54) is 62.0 Å². The lowest BCUT2D eigenvalue weighted by Crippen LogP contribution is -2.30. The van der Waals surface area contributed by atoms with Crippen LogP contribution in [0.1, 0.15) is 74.1 Å². The van der Waals surface area contributed by atoms with Gasteiger partial charge in [0.25, 0.3) is 11.8 Å². The molecule has 5 rings (SSSR count). The number of benzene rings is 2. The molecule has 0 atom stereocenters. The number of anilines is 2. The van der Waals surface area contributed by atoms with Crippen molar-refractivity contribution in [2.75, 3.05) is 22.9 Å². The van der Waals surface area contributed by atoms with Gasteiger partial charge in [0.2, 0.25) is 0 Å². The van der Waals surface area contributed by atoms with Crippen LogP contribution in [0.4, 0.5) is 11.4 Å². The van der Waals surface area contributed by atoms with E-state index in [9.17, 15) is 9.59 Å². The Balaban J connectivity index is 1.49. The summed E-state index contributed by atoms with van der Waals surface area (Å²) < 4.78 is 1.33. The molecule has 0 N–H and O–H groups in total. The van der Waals surface area contributed by atoms with Crippen molar-refractivity contribution in [1.29, 1.82) is 0 Å². The second kappa shape index (κ2) is 14.5. The van der Waals surface area contributed by atoms with Crippen molar-refractivity contribution in [3.8, 4) is 20.9 Å². The average Bonchev–Trinajstić information content (AvgIpc) is 3.72. The minimum atomic E-state index is -0.0394. The van der Waals surface area contributed by atoms with E-state index < -0.39 is 0 Å². The maximum absolute atomic E-state index is 12.7. The molecule has 4 nitrogen and oxygen atoms in total. The highest BCUT2D eigenvalue weighted by atomic mass is 127. The molecule has 0 aliphatic heterocycles. The number of hydrogen-bond donors (Lipinski definition) is 0. The van der Waals surface area contributed by atoms with Gasteiger partial charge in [-0.2, -0.15) is 0 Å². The molecule has 4 aromatic rings. The number of amides is 2. The summed E-state index contributed by atoms with van der Waals surface area (Å²) in [6, 6.07) is 16.8. The van der Waals surface area contributed by atoms with Crippen LogP contribution in [0.2, 0.25) is 0 Å². The van der Waals surface area contributed by atoms with Gasteiger partial charge in [-0.1, -0.05) is 37.4 Å². The van der Waals surface area contributed by atoms with Crippen LogP contribution >= 0.6 is 45.3 Å². The third-order valence-electron chi connectivity index (χ3n) is 8.98. The molecule has 2 heterocycles. The van der Waals surface area contributed by atoms with Gasteiger partial charge in [0.05, 0.1) is 2.88 Å². The molecule has 7 heteroatoms. The smallest absolute Gasteiger partial charge is 0.253 e. The molecule has 1 aliphatic carbocycles. The molecule has 2 aromatic carbocycles. The van der Waals surface area contributed by atoms with E-state index >= 15 is 0 Å². The SMILES string of the molecule is C=C(C)C(=O)N(CC)c1ccc(-c2sc(C)c(C3=C(c4c(I)sc(-c5ccc(N(CC)C(=O)C(=C)C)cc5)c4C)CCC3)c2C)cc1. The summed E-state index contributed by atoms with van der Waals surface area (Å²) in [5, 5.41) is 0. The van der Waals surface area contributed by atoms with E-state index in [2.05, 4.69) is 105 Å². The summed E-state index contributed by atoms with van der Waals surface area (Å²) in [7, 11) is 0. The molecule has 0 saturated heterocycles. The van der Waals surface area contributed by atoms with Gasteiger partial charge in [0.1, 0.15) is 0 Å². The van der Waals surface area contributed by atoms with Crippen LogP contribution in [0, 0.1) is 23.7 Å². The number of thiophene rings is 2. The summed E-state index contributed by atoms with van der Waals surface area (Å²) >= 11 is 6.26. The molecule has 0 radical (unpaired) electrons. The van der Waals surface area contributed by atoms with E-state index in [1.54, 1.807) is 23.6 Å². The van der Waals surface area contributed by atoms with Gasteiger partial charge in [0.15, 0.2) is 0 Å².